The van der Waals surface area contributed by atoms with Crippen molar-refractivity contribution in [2.75, 3.05) is 20.2 Å². The second-order valence-electron chi connectivity index (χ2n) is 5.54. The van der Waals surface area contributed by atoms with Gasteiger partial charge in [0, 0.05) is 6.61 Å². The second kappa shape index (κ2) is 5.44. The molecule has 0 radical (unpaired) electrons. The molecule has 0 aromatic rings. The summed E-state index contributed by atoms with van der Waals surface area (Å²) < 4.78 is 8.36. The van der Waals surface area contributed by atoms with Crippen molar-refractivity contribution in [3.8, 4) is 0 Å². The van der Waals surface area contributed by atoms with Crippen LogP contribution in [0, 0.1) is 0 Å². The molecular formula is C10H27NOSi2. The lowest BCUT2D eigenvalue weighted by Crippen LogP contribution is -2.46. The lowest BCUT2D eigenvalue weighted by atomic mass is 10.8. The summed E-state index contributed by atoms with van der Waals surface area (Å²) in [6.45, 7) is 16.0. The monoisotopic (exact) mass is 233 g/mol. The Bertz CT molecular complexity index is 166. The minimum absolute atomic E-state index is 0.871. The Kier molecular flexibility index (Phi) is 5.58. The van der Waals surface area contributed by atoms with E-state index in [9.17, 15) is 0 Å². The molecule has 0 atom stereocenters. The van der Waals surface area contributed by atoms with Crippen molar-refractivity contribution < 1.29 is 4.43 Å². The van der Waals surface area contributed by atoms with Gasteiger partial charge in [0.2, 0.25) is 0 Å². The molecular weight excluding hydrogens is 206 g/mol. The molecule has 0 spiro atoms. The smallest absolute Gasteiger partial charge is 0.187 e. The van der Waals surface area contributed by atoms with Crippen molar-refractivity contribution in [1.82, 2.24) is 4.57 Å². The lowest BCUT2D eigenvalue weighted by Gasteiger charge is -2.32. The van der Waals surface area contributed by atoms with Gasteiger partial charge in [0.1, 0.15) is 8.24 Å². The van der Waals surface area contributed by atoms with Crippen LogP contribution in [-0.2, 0) is 4.43 Å². The predicted octanol–water partition coefficient (Wildman–Crippen LogP) is 2.99. The molecule has 0 unspecified atom stereocenters. The molecule has 0 fully saturated rings. The molecule has 14 heavy (non-hydrogen) atoms. The minimum atomic E-state index is -1.36. The summed E-state index contributed by atoms with van der Waals surface area (Å²) in [4.78, 5) is 0. The zero-order chi connectivity index (χ0) is 11.4. The Labute approximate surface area is 91.9 Å². The third-order valence-corrected chi connectivity index (χ3v) is 7.74. The molecule has 0 aliphatic heterocycles. The number of hydrogen-bond donors (Lipinski definition) is 0. The molecule has 0 saturated heterocycles. The molecule has 2 nitrogen and oxygen atoms in total. The average Bonchev–Trinajstić information content (AvgIpc) is 1.98. The van der Waals surface area contributed by atoms with Crippen LogP contribution < -0.4 is 0 Å². The van der Waals surface area contributed by atoms with Crippen LogP contribution in [0.4, 0.5) is 0 Å². The van der Waals surface area contributed by atoms with E-state index in [2.05, 4.69) is 51.3 Å². The predicted molar refractivity (Wildman–Crippen MR) is 69.9 cm³/mol. The van der Waals surface area contributed by atoms with Gasteiger partial charge in [-0.25, -0.2) is 0 Å². The Morgan fingerprint density at radius 3 is 1.93 bits per heavy atom. The molecule has 0 aromatic heterocycles. The largest absolute Gasteiger partial charge is 0.418 e. The topological polar surface area (TPSA) is 12.5 Å². The van der Waals surface area contributed by atoms with E-state index in [0.717, 1.165) is 6.61 Å². The van der Waals surface area contributed by atoms with E-state index in [1.165, 1.54) is 12.6 Å². The Balaban J connectivity index is 3.93. The Morgan fingerprint density at radius 2 is 1.57 bits per heavy atom. The van der Waals surface area contributed by atoms with Gasteiger partial charge in [-0.05, 0) is 39.7 Å². The summed E-state index contributed by atoms with van der Waals surface area (Å²) in [5, 5.41) is 0. The number of hydrogen-bond acceptors (Lipinski definition) is 2. The van der Waals surface area contributed by atoms with Crippen LogP contribution in [0.5, 0.6) is 0 Å². The second-order valence-corrected chi connectivity index (χ2v) is 14.9. The number of rotatable bonds is 6. The molecule has 0 amide bonds. The quantitative estimate of drug-likeness (QED) is 0.654. The van der Waals surface area contributed by atoms with Gasteiger partial charge in [-0.2, -0.15) is 0 Å². The first-order valence-electron chi connectivity index (χ1n) is 5.54. The van der Waals surface area contributed by atoms with Crippen LogP contribution in [0.15, 0.2) is 0 Å². The SMILES string of the molecule is CCO[Si](C)(C)CCN(C)[Si](C)(C)C. The summed E-state index contributed by atoms with van der Waals surface area (Å²) in [5.41, 5.74) is 0. The molecule has 0 aliphatic rings. The van der Waals surface area contributed by atoms with Crippen molar-refractivity contribution in [2.45, 2.75) is 45.7 Å². The highest BCUT2D eigenvalue weighted by molar-refractivity contribution is 6.74. The van der Waals surface area contributed by atoms with E-state index >= 15 is 0 Å². The van der Waals surface area contributed by atoms with E-state index in [1.54, 1.807) is 0 Å². The standard InChI is InChI=1S/C10H27NOSi2/c1-8-12-14(6,7)10-9-11(2)13(3,4)5/h8-10H2,1-7H3. The van der Waals surface area contributed by atoms with Crippen molar-refractivity contribution in [3.05, 3.63) is 0 Å². The molecule has 0 bridgehead atoms. The van der Waals surface area contributed by atoms with E-state index < -0.39 is 16.6 Å². The van der Waals surface area contributed by atoms with E-state index in [0.29, 0.717) is 0 Å². The van der Waals surface area contributed by atoms with E-state index in [1.807, 2.05) is 0 Å². The molecule has 0 saturated carbocycles. The minimum Gasteiger partial charge on any atom is -0.418 e. The first-order valence-corrected chi connectivity index (χ1v) is 12.1. The van der Waals surface area contributed by atoms with E-state index in [4.69, 9.17) is 4.43 Å². The van der Waals surface area contributed by atoms with Crippen LogP contribution in [0.1, 0.15) is 6.92 Å². The van der Waals surface area contributed by atoms with Gasteiger partial charge < -0.3 is 8.99 Å². The maximum absolute atomic E-state index is 5.82. The first-order chi connectivity index (χ1) is 6.19. The van der Waals surface area contributed by atoms with Gasteiger partial charge in [0.05, 0.1) is 0 Å². The first kappa shape index (κ1) is 14.4. The molecule has 0 aromatic carbocycles. The fourth-order valence-corrected chi connectivity index (χ4v) is 4.04. The van der Waals surface area contributed by atoms with Gasteiger partial charge in [-0.1, -0.05) is 19.6 Å². The highest BCUT2D eigenvalue weighted by atomic mass is 28.4. The van der Waals surface area contributed by atoms with Gasteiger partial charge in [-0.15, -0.1) is 0 Å². The zero-order valence-corrected chi connectivity index (χ0v) is 13.0. The molecule has 0 heterocycles. The highest BCUT2D eigenvalue weighted by Crippen LogP contribution is 2.14. The molecule has 0 rings (SSSR count). The van der Waals surface area contributed by atoms with Gasteiger partial charge in [0.15, 0.2) is 8.32 Å². The number of nitrogens with zero attached hydrogens (tertiary/aromatic N) is 1. The lowest BCUT2D eigenvalue weighted by molar-refractivity contribution is 0.325. The van der Waals surface area contributed by atoms with E-state index in [-0.39, 0.29) is 0 Å². The Hall–Kier alpha value is 0.354. The van der Waals surface area contributed by atoms with Crippen LogP contribution in [0.25, 0.3) is 0 Å². The third-order valence-electron chi connectivity index (χ3n) is 2.73. The molecule has 4 heteroatoms. The fraction of sp³-hybridized carbons (Fsp3) is 1.00. The van der Waals surface area contributed by atoms with Crippen molar-refractivity contribution in [3.63, 3.8) is 0 Å². The molecule has 0 aliphatic carbocycles. The van der Waals surface area contributed by atoms with Crippen molar-refractivity contribution in [2.24, 2.45) is 0 Å². The zero-order valence-electron chi connectivity index (χ0n) is 11.0. The van der Waals surface area contributed by atoms with Gasteiger partial charge in [-0.3, -0.25) is 0 Å². The van der Waals surface area contributed by atoms with Crippen molar-refractivity contribution >= 4 is 16.6 Å². The van der Waals surface area contributed by atoms with Crippen LogP contribution in [0.3, 0.4) is 0 Å². The van der Waals surface area contributed by atoms with Crippen molar-refractivity contribution in [1.29, 1.82) is 0 Å². The van der Waals surface area contributed by atoms with Crippen LogP contribution >= 0.6 is 0 Å². The molecule has 0 N–H and O–H groups in total. The summed E-state index contributed by atoms with van der Waals surface area (Å²) >= 11 is 0. The average molecular weight is 234 g/mol. The maximum atomic E-state index is 5.82. The van der Waals surface area contributed by atoms with Gasteiger partial charge >= 0.3 is 0 Å². The van der Waals surface area contributed by atoms with Crippen LogP contribution in [0.2, 0.25) is 38.8 Å². The summed E-state index contributed by atoms with van der Waals surface area (Å²) in [5.74, 6) is 0. The molecule has 86 valence electrons. The summed E-state index contributed by atoms with van der Waals surface area (Å²) in [6.07, 6.45) is 0. The third kappa shape index (κ3) is 5.95. The van der Waals surface area contributed by atoms with Crippen LogP contribution in [-0.4, -0.2) is 41.3 Å². The Morgan fingerprint density at radius 1 is 1.07 bits per heavy atom. The van der Waals surface area contributed by atoms with Gasteiger partial charge in [0.25, 0.3) is 0 Å². The maximum Gasteiger partial charge on any atom is 0.187 e. The summed E-state index contributed by atoms with van der Waals surface area (Å²) in [6, 6.07) is 1.25. The fourth-order valence-electron chi connectivity index (χ4n) is 1.24. The highest BCUT2D eigenvalue weighted by Gasteiger charge is 2.25. The normalized spacial score (nSPS) is 13.7. The summed E-state index contributed by atoms with van der Waals surface area (Å²) in [7, 11) is -0.195.